The third-order valence-electron chi connectivity index (χ3n) is 8.71. The summed E-state index contributed by atoms with van der Waals surface area (Å²) in [4.78, 5) is 12.3. The molecule has 3 N–H and O–H groups in total. The van der Waals surface area contributed by atoms with E-state index in [0.717, 1.165) is 5.57 Å². The minimum Gasteiger partial charge on any atom is -0.462 e. The molecule has 0 aromatic heterocycles. The van der Waals surface area contributed by atoms with E-state index in [1.54, 1.807) is 6.08 Å². The summed E-state index contributed by atoms with van der Waals surface area (Å²) in [6, 6.07) is 0. The lowest BCUT2D eigenvalue weighted by molar-refractivity contribution is -0.259. The second kappa shape index (κ2) is 5.10. The fourth-order valence-electron chi connectivity index (χ4n) is 7.59. The number of ether oxygens (including phenoxy) is 2. The molecule has 2 saturated heterocycles. The topological polar surface area (TPSA) is 96.2 Å². The molecule has 2 saturated carbocycles. The van der Waals surface area contributed by atoms with Gasteiger partial charge in [0.15, 0.2) is 0 Å². The number of allylic oxidation sites excluding steroid dienone is 1. The molecule has 2 bridgehead atoms. The fourth-order valence-corrected chi connectivity index (χ4v) is 7.59. The third kappa shape index (κ3) is 1.71. The molecule has 6 nitrogen and oxygen atoms in total. The van der Waals surface area contributed by atoms with Crippen LogP contribution in [-0.4, -0.2) is 58.4 Å². The minimum absolute atomic E-state index is 0.0135. The lowest BCUT2D eigenvalue weighted by atomic mass is 9.39. The lowest BCUT2D eigenvalue weighted by Crippen LogP contribution is -2.72. The first-order valence-electron chi connectivity index (χ1n) is 9.76. The van der Waals surface area contributed by atoms with Gasteiger partial charge in [-0.15, -0.1) is 0 Å². The molecule has 11 atom stereocenters. The Morgan fingerprint density at radius 1 is 1.27 bits per heavy atom. The smallest absolute Gasteiger partial charge is 0.306 e. The van der Waals surface area contributed by atoms with Crippen molar-refractivity contribution in [2.75, 3.05) is 6.61 Å². The van der Waals surface area contributed by atoms with Crippen LogP contribution in [0.15, 0.2) is 11.6 Å². The maximum Gasteiger partial charge on any atom is 0.306 e. The van der Waals surface area contributed by atoms with Crippen LogP contribution >= 0.6 is 0 Å². The molecule has 0 aromatic rings. The first-order chi connectivity index (χ1) is 12.2. The molecule has 5 rings (SSSR count). The number of fused-ring (bicyclic) bond motifs is 1. The molecule has 6 heteroatoms. The van der Waals surface area contributed by atoms with E-state index in [1.165, 1.54) is 0 Å². The average Bonchev–Trinajstić information content (AvgIpc) is 2.95. The summed E-state index contributed by atoms with van der Waals surface area (Å²) in [5, 5.41) is 32.5. The van der Waals surface area contributed by atoms with Crippen molar-refractivity contribution in [3.05, 3.63) is 11.6 Å². The number of hydrogen-bond donors (Lipinski definition) is 3. The van der Waals surface area contributed by atoms with E-state index < -0.39 is 29.8 Å². The van der Waals surface area contributed by atoms with Gasteiger partial charge in [-0.3, -0.25) is 4.79 Å². The summed E-state index contributed by atoms with van der Waals surface area (Å²) < 4.78 is 12.0. The van der Waals surface area contributed by atoms with Crippen molar-refractivity contribution in [3.8, 4) is 0 Å². The number of aliphatic hydroxyl groups excluding tert-OH is 3. The van der Waals surface area contributed by atoms with E-state index >= 15 is 0 Å². The highest BCUT2D eigenvalue weighted by Gasteiger charge is 2.77. The van der Waals surface area contributed by atoms with Crippen molar-refractivity contribution in [2.24, 2.45) is 34.5 Å². The number of esters is 1. The summed E-state index contributed by atoms with van der Waals surface area (Å²) in [6.07, 6.45) is -0.550. The maximum atomic E-state index is 12.3. The molecule has 144 valence electrons. The van der Waals surface area contributed by atoms with Crippen LogP contribution in [0.2, 0.25) is 0 Å². The molecule has 0 aromatic carbocycles. The zero-order valence-electron chi connectivity index (χ0n) is 15.5. The van der Waals surface area contributed by atoms with Crippen LogP contribution in [0, 0.1) is 34.5 Å². The molecule has 2 aliphatic heterocycles. The Morgan fingerprint density at radius 3 is 2.73 bits per heavy atom. The van der Waals surface area contributed by atoms with Crippen LogP contribution in [0.4, 0.5) is 0 Å². The Kier molecular flexibility index (Phi) is 3.37. The van der Waals surface area contributed by atoms with E-state index in [2.05, 4.69) is 0 Å². The maximum absolute atomic E-state index is 12.3. The Labute approximate surface area is 153 Å². The van der Waals surface area contributed by atoms with Gasteiger partial charge in [0, 0.05) is 23.2 Å². The van der Waals surface area contributed by atoms with Gasteiger partial charge >= 0.3 is 5.97 Å². The molecular formula is C20H28O6. The van der Waals surface area contributed by atoms with Crippen molar-refractivity contribution < 1.29 is 29.6 Å². The molecule has 26 heavy (non-hydrogen) atoms. The van der Waals surface area contributed by atoms with Crippen molar-refractivity contribution in [1.82, 2.24) is 0 Å². The van der Waals surface area contributed by atoms with Gasteiger partial charge in [-0.1, -0.05) is 25.5 Å². The molecule has 2 heterocycles. The quantitative estimate of drug-likeness (QED) is 0.431. The van der Waals surface area contributed by atoms with Crippen molar-refractivity contribution in [1.29, 1.82) is 0 Å². The Balaban J connectivity index is 1.73. The highest BCUT2D eigenvalue weighted by atomic mass is 16.6. The van der Waals surface area contributed by atoms with E-state index in [-0.39, 0.29) is 47.6 Å². The SMILES string of the molecule is CC1=C[C@H](O)[C@@H](O)[C@]2(C)[C@H]3[C@H]4OC[C@@]35[C@@H](C[C@@H]12)OC(=O)C[C@H]5[C@@H](C)[C@H]4O. The van der Waals surface area contributed by atoms with Gasteiger partial charge in [-0.25, -0.2) is 0 Å². The monoisotopic (exact) mass is 364 g/mol. The second-order valence-electron chi connectivity index (χ2n) is 9.50. The van der Waals surface area contributed by atoms with E-state index in [1.807, 2.05) is 20.8 Å². The van der Waals surface area contributed by atoms with Gasteiger partial charge in [-0.05, 0) is 31.1 Å². The van der Waals surface area contributed by atoms with Crippen LogP contribution in [0.5, 0.6) is 0 Å². The van der Waals surface area contributed by atoms with Gasteiger partial charge in [0.05, 0.1) is 31.0 Å². The molecule has 3 aliphatic carbocycles. The Hall–Kier alpha value is -0.950. The first kappa shape index (κ1) is 17.2. The second-order valence-corrected chi connectivity index (χ2v) is 9.50. The van der Waals surface area contributed by atoms with Crippen LogP contribution < -0.4 is 0 Å². The van der Waals surface area contributed by atoms with E-state index in [4.69, 9.17) is 9.47 Å². The molecular weight excluding hydrogens is 336 g/mol. The van der Waals surface area contributed by atoms with Crippen molar-refractivity contribution in [3.63, 3.8) is 0 Å². The zero-order chi connectivity index (χ0) is 18.6. The molecule has 4 fully saturated rings. The predicted octanol–water partition coefficient (Wildman–Crippen LogP) is 0.638. The Morgan fingerprint density at radius 2 is 2.00 bits per heavy atom. The normalized spacial score (nSPS) is 60.6. The third-order valence-corrected chi connectivity index (χ3v) is 8.71. The molecule has 5 aliphatic rings. The summed E-state index contributed by atoms with van der Waals surface area (Å²) in [5.41, 5.74) is 0.00523. The van der Waals surface area contributed by atoms with Crippen LogP contribution in [0.3, 0.4) is 0 Å². The fraction of sp³-hybridized carbons (Fsp3) is 0.850. The lowest BCUT2D eigenvalue weighted by Gasteiger charge is -2.67. The van der Waals surface area contributed by atoms with Gasteiger partial charge in [0.25, 0.3) is 0 Å². The summed E-state index contributed by atoms with van der Waals surface area (Å²) >= 11 is 0. The summed E-state index contributed by atoms with van der Waals surface area (Å²) in [7, 11) is 0. The standard InChI is InChI=1S/C20H28O6/c1-8-4-12(21)18(24)19(3)10(8)5-13-20-7-25-16(17(19)20)15(23)9(2)11(20)6-14(22)26-13/h4,9-13,15-18,21,23-24H,5-7H2,1-3H3/t9-,10+,11+,12+,13-,15-,16+,17-,18-,19+,20-/m1/s1. The van der Waals surface area contributed by atoms with Crippen LogP contribution in [0.25, 0.3) is 0 Å². The zero-order valence-corrected chi connectivity index (χ0v) is 15.5. The molecule has 0 unspecified atom stereocenters. The molecule has 0 radical (unpaired) electrons. The van der Waals surface area contributed by atoms with Crippen LogP contribution in [-0.2, 0) is 14.3 Å². The number of carbonyl (C=O) groups excluding carboxylic acids is 1. The summed E-state index contributed by atoms with van der Waals surface area (Å²) in [6.45, 7) is 6.45. The minimum atomic E-state index is -0.929. The van der Waals surface area contributed by atoms with Crippen molar-refractivity contribution >= 4 is 5.97 Å². The van der Waals surface area contributed by atoms with Gasteiger partial charge in [0.1, 0.15) is 6.10 Å². The van der Waals surface area contributed by atoms with Crippen molar-refractivity contribution in [2.45, 2.75) is 64.1 Å². The van der Waals surface area contributed by atoms with E-state index in [9.17, 15) is 20.1 Å². The molecule has 1 spiro atoms. The number of hydrogen-bond acceptors (Lipinski definition) is 6. The van der Waals surface area contributed by atoms with Gasteiger partial charge in [0.2, 0.25) is 0 Å². The number of rotatable bonds is 0. The van der Waals surface area contributed by atoms with E-state index in [0.29, 0.717) is 13.0 Å². The highest BCUT2D eigenvalue weighted by Crippen LogP contribution is 2.71. The summed E-state index contributed by atoms with van der Waals surface area (Å²) in [5.74, 6) is -0.454. The van der Waals surface area contributed by atoms with Gasteiger partial charge in [-0.2, -0.15) is 0 Å². The molecule has 0 amide bonds. The highest BCUT2D eigenvalue weighted by molar-refractivity contribution is 5.71. The van der Waals surface area contributed by atoms with Crippen LogP contribution in [0.1, 0.15) is 33.6 Å². The predicted molar refractivity (Wildman–Crippen MR) is 90.8 cm³/mol. The Bertz CT molecular complexity index is 690. The number of carbonyl (C=O) groups is 1. The first-order valence-corrected chi connectivity index (χ1v) is 9.76. The average molecular weight is 364 g/mol. The van der Waals surface area contributed by atoms with Gasteiger partial charge < -0.3 is 24.8 Å². The largest absolute Gasteiger partial charge is 0.462 e. The number of aliphatic hydroxyl groups is 3.